The average Bonchev–Trinajstić information content (AvgIpc) is 3.42. The third-order valence-corrected chi connectivity index (χ3v) is 4.65. The van der Waals surface area contributed by atoms with Crippen LogP contribution in [0.1, 0.15) is 11.1 Å². The highest BCUT2D eigenvalue weighted by molar-refractivity contribution is 5.86. The van der Waals surface area contributed by atoms with E-state index >= 15 is 0 Å². The molecule has 0 saturated carbocycles. The van der Waals surface area contributed by atoms with E-state index in [0.717, 1.165) is 28.2 Å². The Morgan fingerprint density at radius 3 is 3.00 bits per heavy atom. The van der Waals surface area contributed by atoms with Crippen molar-refractivity contribution in [1.82, 2.24) is 19.4 Å². The largest absolute Gasteiger partial charge is 0.475 e. The van der Waals surface area contributed by atoms with Crippen LogP contribution in [0.5, 0.6) is 5.88 Å². The van der Waals surface area contributed by atoms with E-state index in [9.17, 15) is 0 Å². The van der Waals surface area contributed by atoms with Gasteiger partial charge in [-0.1, -0.05) is 12.1 Å². The van der Waals surface area contributed by atoms with Crippen LogP contribution in [-0.4, -0.2) is 43.9 Å². The Morgan fingerprint density at radius 2 is 2.14 bits per heavy atom. The van der Waals surface area contributed by atoms with Crippen LogP contribution in [0.15, 0.2) is 60.1 Å². The van der Waals surface area contributed by atoms with Crippen LogP contribution in [0.3, 0.4) is 0 Å². The SMILES string of the molecule is OCCOc1ccc(Nc2nc(-c3ccc4c(c3)CN=C4)cn3ccnc23)cn1. The zero-order valence-electron chi connectivity index (χ0n) is 15.5. The lowest BCUT2D eigenvalue weighted by molar-refractivity contribution is 0.196. The second kappa shape index (κ2) is 7.33. The molecule has 4 heterocycles. The minimum atomic E-state index is -0.0505. The number of aliphatic imine (C=N–C) groups is 1. The maximum Gasteiger partial charge on any atom is 0.213 e. The van der Waals surface area contributed by atoms with Crippen molar-refractivity contribution in [2.75, 3.05) is 18.5 Å². The molecule has 4 aromatic rings. The van der Waals surface area contributed by atoms with Crippen molar-refractivity contribution in [3.8, 4) is 17.1 Å². The van der Waals surface area contributed by atoms with Crippen LogP contribution in [0.4, 0.5) is 11.5 Å². The summed E-state index contributed by atoms with van der Waals surface area (Å²) in [5.41, 5.74) is 5.71. The summed E-state index contributed by atoms with van der Waals surface area (Å²) in [7, 11) is 0. The average molecular weight is 386 g/mol. The van der Waals surface area contributed by atoms with Gasteiger partial charge in [-0.25, -0.2) is 15.0 Å². The number of hydrogen-bond donors (Lipinski definition) is 2. The number of rotatable bonds is 6. The molecule has 3 aromatic heterocycles. The standard InChI is InChI=1S/C21H18N6O2/c28-7-8-29-19-4-3-17(12-24-19)25-20-21-23-5-6-27(21)13-18(26-20)14-1-2-15-10-22-11-16(15)9-14/h1-6,9-10,12-13,28H,7-8,11H2,(H,25,26). The Bertz CT molecular complexity index is 1200. The summed E-state index contributed by atoms with van der Waals surface area (Å²) in [6, 6.07) is 9.85. The van der Waals surface area contributed by atoms with Gasteiger partial charge in [0.15, 0.2) is 11.5 Å². The van der Waals surface area contributed by atoms with Crippen molar-refractivity contribution in [2.45, 2.75) is 6.54 Å². The third-order valence-electron chi connectivity index (χ3n) is 4.65. The predicted molar refractivity (Wildman–Crippen MR) is 110 cm³/mol. The zero-order valence-corrected chi connectivity index (χ0v) is 15.5. The van der Waals surface area contributed by atoms with Crippen LogP contribution in [-0.2, 0) is 6.54 Å². The maximum absolute atomic E-state index is 8.84. The number of nitrogens with one attached hydrogen (secondary N) is 1. The van der Waals surface area contributed by atoms with E-state index in [1.54, 1.807) is 18.5 Å². The van der Waals surface area contributed by atoms with E-state index in [4.69, 9.17) is 14.8 Å². The fraction of sp³-hybridized carbons (Fsp3) is 0.143. The lowest BCUT2D eigenvalue weighted by Gasteiger charge is -2.11. The summed E-state index contributed by atoms with van der Waals surface area (Å²) in [6.45, 7) is 0.868. The number of benzene rings is 1. The fourth-order valence-electron chi connectivity index (χ4n) is 3.25. The van der Waals surface area contributed by atoms with Gasteiger partial charge in [0.25, 0.3) is 0 Å². The van der Waals surface area contributed by atoms with Crippen LogP contribution in [0.25, 0.3) is 16.9 Å². The molecule has 0 radical (unpaired) electrons. The lowest BCUT2D eigenvalue weighted by Crippen LogP contribution is -2.04. The molecule has 0 aliphatic carbocycles. The van der Waals surface area contributed by atoms with Crippen molar-refractivity contribution < 1.29 is 9.84 Å². The summed E-state index contributed by atoms with van der Waals surface area (Å²) >= 11 is 0. The maximum atomic E-state index is 8.84. The van der Waals surface area contributed by atoms with Crippen molar-refractivity contribution in [2.24, 2.45) is 4.99 Å². The lowest BCUT2D eigenvalue weighted by atomic mass is 10.0. The summed E-state index contributed by atoms with van der Waals surface area (Å²) in [6.07, 6.45) is 9.17. The Balaban J connectivity index is 1.48. The number of pyridine rings is 1. The highest BCUT2D eigenvalue weighted by Gasteiger charge is 2.13. The van der Waals surface area contributed by atoms with Crippen molar-refractivity contribution in [1.29, 1.82) is 0 Å². The predicted octanol–water partition coefficient (Wildman–Crippen LogP) is 2.84. The molecular formula is C21H18N6O2. The van der Waals surface area contributed by atoms with E-state index in [2.05, 4.69) is 38.5 Å². The van der Waals surface area contributed by atoms with Gasteiger partial charge in [-0.2, -0.15) is 0 Å². The molecular weight excluding hydrogens is 368 g/mol. The van der Waals surface area contributed by atoms with E-state index in [1.165, 1.54) is 5.56 Å². The number of imidazole rings is 1. The molecule has 1 aliphatic rings. The van der Waals surface area contributed by atoms with Gasteiger partial charge in [0, 0.05) is 36.4 Å². The molecule has 2 N–H and O–H groups in total. The molecule has 5 rings (SSSR count). The van der Waals surface area contributed by atoms with Gasteiger partial charge in [0.1, 0.15) is 6.61 Å². The molecule has 8 nitrogen and oxygen atoms in total. The Hall–Kier alpha value is -3.78. The van der Waals surface area contributed by atoms with Crippen LogP contribution in [0.2, 0.25) is 0 Å². The van der Waals surface area contributed by atoms with Gasteiger partial charge in [0.05, 0.1) is 30.7 Å². The monoisotopic (exact) mass is 386 g/mol. The number of nitrogens with zero attached hydrogens (tertiary/aromatic N) is 5. The molecule has 1 aliphatic heterocycles. The van der Waals surface area contributed by atoms with E-state index in [0.29, 0.717) is 18.2 Å². The molecule has 0 fully saturated rings. The number of aliphatic hydroxyl groups is 1. The zero-order chi connectivity index (χ0) is 19.6. The van der Waals surface area contributed by atoms with Crippen molar-refractivity contribution >= 4 is 23.4 Å². The van der Waals surface area contributed by atoms with Crippen LogP contribution < -0.4 is 10.1 Å². The Labute approximate surface area is 166 Å². The van der Waals surface area contributed by atoms with E-state index in [-0.39, 0.29) is 13.2 Å². The van der Waals surface area contributed by atoms with Gasteiger partial charge in [-0.3, -0.25) is 4.99 Å². The highest BCUT2D eigenvalue weighted by Crippen LogP contribution is 2.27. The molecule has 1 aromatic carbocycles. The van der Waals surface area contributed by atoms with Crippen molar-refractivity contribution in [3.63, 3.8) is 0 Å². The minimum absolute atomic E-state index is 0.0505. The van der Waals surface area contributed by atoms with E-state index in [1.807, 2.05) is 29.1 Å². The number of fused-ring (bicyclic) bond motifs is 2. The molecule has 0 spiro atoms. The molecule has 8 heteroatoms. The number of hydrogen-bond acceptors (Lipinski definition) is 7. The van der Waals surface area contributed by atoms with Crippen LogP contribution in [0, 0.1) is 0 Å². The summed E-state index contributed by atoms with van der Waals surface area (Å²) in [5, 5.41) is 12.1. The minimum Gasteiger partial charge on any atom is -0.475 e. The van der Waals surface area contributed by atoms with Gasteiger partial charge in [0.2, 0.25) is 5.88 Å². The third kappa shape index (κ3) is 3.41. The van der Waals surface area contributed by atoms with E-state index < -0.39 is 0 Å². The number of aliphatic hydroxyl groups excluding tert-OH is 1. The molecule has 0 saturated heterocycles. The second-order valence-electron chi connectivity index (χ2n) is 6.60. The fourth-order valence-corrected chi connectivity index (χ4v) is 3.25. The van der Waals surface area contributed by atoms with Gasteiger partial charge >= 0.3 is 0 Å². The number of ether oxygens (including phenoxy) is 1. The molecule has 0 unspecified atom stereocenters. The Kier molecular flexibility index (Phi) is 4.38. The van der Waals surface area contributed by atoms with Gasteiger partial charge < -0.3 is 19.6 Å². The van der Waals surface area contributed by atoms with Crippen molar-refractivity contribution in [3.05, 3.63) is 66.2 Å². The number of anilines is 2. The molecule has 0 amide bonds. The first-order valence-corrected chi connectivity index (χ1v) is 9.24. The van der Waals surface area contributed by atoms with Gasteiger partial charge in [-0.05, 0) is 23.3 Å². The Morgan fingerprint density at radius 1 is 1.17 bits per heavy atom. The smallest absolute Gasteiger partial charge is 0.213 e. The summed E-state index contributed by atoms with van der Waals surface area (Å²) in [5.74, 6) is 1.09. The molecule has 144 valence electrons. The molecule has 0 bridgehead atoms. The molecule has 0 atom stereocenters. The summed E-state index contributed by atoms with van der Waals surface area (Å²) in [4.78, 5) is 17.8. The summed E-state index contributed by atoms with van der Waals surface area (Å²) < 4.78 is 7.25. The first-order valence-electron chi connectivity index (χ1n) is 9.24. The first-order chi connectivity index (χ1) is 14.3. The van der Waals surface area contributed by atoms with Gasteiger partial charge in [-0.15, -0.1) is 0 Å². The highest BCUT2D eigenvalue weighted by atomic mass is 16.5. The topological polar surface area (TPSA) is 96.9 Å². The van der Waals surface area contributed by atoms with Crippen LogP contribution >= 0.6 is 0 Å². The quantitative estimate of drug-likeness (QED) is 0.529. The normalized spacial score (nSPS) is 12.3. The second-order valence-corrected chi connectivity index (χ2v) is 6.60. The number of aromatic nitrogens is 4. The molecule has 29 heavy (non-hydrogen) atoms. The first kappa shape index (κ1) is 17.3.